The Hall–Kier alpha value is -1.67. The Morgan fingerprint density at radius 1 is 0.944 bits per heavy atom. The number of aldehydes is 1. The van der Waals surface area contributed by atoms with E-state index in [1.54, 1.807) is 0 Å². The fraction of sp³-hybridized carbons (Fsp3) is 0.188. The lowest BCUT2D eigenvalue weighted by molar-refractivity contribution is 0.112. The maximum absolute atomic E-state index is 11.2. The molecule has 1 aromatic carbocycles. The van der Waals surface area contributed by atoms with Gasteiger partial charge in [0, 0.05) is 5.56 Å². The van der Waals surface area contributed by atoms with Gasteiger partial charge < -0.3 is 0 Å². The van der Waals surface area contributed by atoms with Crippen LogP contribution >= 0.6 is 0 Å². The third-order valence-corrected chi connectivity index (χ3v) is 8.07. The quantitative estimate of drug-likeness (QED) is 0.394. The zero-order valence-corrected chi connectivity index (χ0v) is 11.8. The number of rotatable bonds is 8. The largest absolute Gasteiger partial charge is 0.298 e. The number of hydrogen-bond acceptors (Lipinski definition) is 1. The van der Waals surface area contributed by atoms with Crippen molar-refractivity contribution < 1.29 is 4.79 Å². The first-order valence-electron chi connectivity index (χ1n) is 6.11. The first-order valence-corrected chi connectivity index (χ1v) is 8.73. The van der Waals surface area contributed by atoms with Gasteiger partial charge in [-0.15, -0.1) is 19.7 Å². The predicted octanol–water partition coefficient (Wildman–Crippen LogP) is 3.71. The van der Waals surface area contributed by atoms with Gasteiger partial charge in [0.05, 0.1) is 8.07 Å². The molecule has 0 aliphatic rings. The molecule has 1 aromatic rings. The summed E-state index contributed by atoms with van der Waals surface area (Å²) in [5, 5.41) is 1.19. The van der Waals surface area contributed by atoms with Gasteiger partial charge in [0.1, 0.15) is 6.29 Å². The van der Waals surface area contributed by atoms with E-state index >= 15 is 0 Å². The highest BCUT2D eigenvalue weighted by Crippen LogP contribution is 2.23. The molecule has 0 radical (unpaired) electrons. The van der Waals surface area contributed by atoms with Crippen LogP contribution in [0.25, 0.3) is 0 Å². The van der Waals surface area contributed by atoms with Crippen LogP contribution < -0.4 is 5.19 Å². The Balaban J connectivity index is 3.37. The lowest BCUT2D eigenvalue weighted by Gasteiger charge is -2.30. The van der Waals surface area contributed by atoms with E-state index in [-0.39, 0.29) is 0 Å². The van der Waals surface area contributed by atoms with E-state index in [9.17, 15) is 4.79 Å². The Morgan fingerprint density at radius 3 is 1.89 bits per heavy atom. The maximum atomic E-state index is 11.2. The lowest BCUT2D eigenvalue weighted by Crippen LogP contribution is -2.48. The minimum atomic E-state index is -1.82. The Bertz CT molecular complexity index is 422. The van der Waals surface area contributed by atoms with Crippen molar-refractivity contribution >= 4 is 19.5 Å². The van der Waals surface area contributed by atoms with Gasteiger partial charge in [0.25, 0.3) is 0 Å². The third-order valence-electron chi connectivity index (χ3n) is 3.26. The molecule has 0 aliphatic carbocycles. The Morgan fingerprint density at radius 2 is 1.44 bits per heavy atom. The van der Waals surface area contributed by atoms with Gasteiger partial charge in [-0.1, -0.05) is 42.5 Å². The molecule has 2 heteroatoms. The highest BCUT2D eigenvalue weighted by Gasteiger charge is 2.32. The van der Waals surface area contributed by atoms with Crippen LogP contribution in [0.1, 0.15) is 10.4 Å². The van der Waals surface area contributed by atoms with Gasteiger partial charge in [0.2, 0.25) is 0 Å². The van der Waals surface area contributed by atoms with Crippen LogP contribution in [0.4, 0.5) is 0 Å². The number of hydrogen-bond donors (Lipinski definition) is 0. The molecule has 0 amide bonds. The average Bonchev–Trinajstić information content (AvgIpc) is 2.39. The minimum Gasteiger partial charge on any atom is -0.298 e. The number of benzene rings is 1. The lowest BCUT2D eigenvalue weighted by atomic mass is 10.2. The summed E-state index contributed by atoms with van der Waals surface area (Å²) < 4.78 is 0. The van der Waals surface area contributed by atoms with Gasteiger partial charge in [-0.3, -0.25) is 4.79 Å². The molecule has 0 saturated heterocycles. The van der Waals surface area contributed by atoms with Crippen LogP contribution in [0, 0.1) is 0 Å². The van der Waals surface area contributed by atoms with E-state index in [1.807, 2.05) is 36.4 Å². The van der Waals surface area contributed by atoms with Crippen molar-refractivity contribution in [3.63, 3.8) is 0 Å². The molecule has 0 aromatic heterocycles. The molecule has 1 rings (SSSR count). The molecule has 0 fully saturated rings. The molecule has 0 atom stereocenters. The van der Waals surface area contributed by atoms with E-state index in [4.69, 9.17) is 0 Å². The van der Waals surface area contributed by atoms with E-state index < -0.39 is 8.07 Å². The van der Waals surface area contributed by atoms with Crippen molar-refractivity contribution in [2.75, 3.05) is 0 Å². The monoisotopic (exact) mass is 256 g/mol. The van der Waals surface area contributed by atoms with Crippen molar-refractivity contribution in [1.29, 1.82) is 0 Å². The maximum Gasteiger partial charge on any atom is 0.149 e. The topological polar surface area (TPSA) is 17.1 Å². The fourth-order valence-electron chi connectivity index (χ4n) is 2.49. The molecular formula is C16H20OSi. The standard InChI is InChI=1S/C16H20OSi/c1-4-11-18(12-5-2,13-6-3)16-10-8-7-9-15(16)14-17/h4-10,14H,1-3,11-13H2. The van der Waals surface area contributed by atoms with E-state index in [2.05, 4.69) is 25.8 Å². The molecule has 0 bridgehead atoms. The summed E-state index contributed by atoms with van der Waals surface area (Å²) in [5.74, 6) is 0. The van der Waals surface area contributed by atoms with Crippen molar-refractivity contribution in [1.82, 2.24) is 0 Å². The first kappa shape index (κ1) is 14.4. The predicted molar refractivity (Wildman–Crippen MR) is 82.2 cm³/mol. The second-order valence-corrected chi connectivity index (χ2v) is 8.79. The van der Waals surface area contributed by atoms with Crippen LogP contribution in [-0.4, -0.2) is 14.4 Å². The highest BCUT2D eigenvalue weighted by atomic mass is 28.3. The van der Waals surface area contributed by atoms with E-state index in [0.29, 0.717) is 0 Å². The summed E-state index contributed by atoms with van der Waals surface area (Å²) in [4.78, 5) is 11.2. The van der Waals surface area contributed by atoms with Crippen LogP contribution in [0.5, 0.6) is 0 Å². The summed E-state index contributed by atoms with van der Waals surface area (Å²) in [6.45, 7) is 11.6. The molecule has 0 unspecified atom stereocenters. The zero-order chi connectivity index (χ0) is 13.4. The summed E-state index contributed by atoms with van der Waals surface area (Å²) in [6, 6.07) is 10.7. The van der Waals surface area contributed by atoms with Gasteiger partial charge >= 0.3 is 0 Å². The first-order chi connectivity index (χ1) is 8.74. The van der Waals surface area contributed by atoms with Crippen LogP contribution in [-0.2, 0) is 0 Å². The summed E-state index contributed by atoms with van der Waals surface area (Å²) in [7, 11) is -1.82. The Labute approximate surface area is 111 Å². The highest BCUT2D eigenvalue weighted by molar-refractivity contribution is 6.93. The second kappa shape index (κ2) is 6.92. The molecule has 0 heterocycles. The van der Waals surface area contributed by atoms with E-state index in [0.717, 1.165) is 30.0 Å². The molecule has 0 saturated carbocycles. The second-order valence-electron chi connectivity index (χ2n) is 4.46. The summed E-state index contributed by atoms with van der Waals surface area (Å²) in [5.41, 5.74) is 0.801. The van der Waals surface area contributed by atoms with E-state index in [1.165, 1.54) is 5.19 Å². The van der Waals surface area contributed by atoms with Crippen LogP contribution in [0.2, 0.25) is 18.1 Å². The summed E-state index contributed by atoms with van der Waals surface area (Å²) >= 11 is 0. The average molecular weight is 256 g/mol. The number of allylic oxidation sites excluding steroid dienone is 3. The minimum absolute atomic E-state index is 0.801. The molecule has 0 N–H and O–H groups in total. The number of carbonyl (C=O) groups is 1. The van der Waals surface area contributed by atoms with Crippen molar-refractivity contribution in [2.45, 2.75) is 18.1 Å². The van der Waals surface area contributed by atoms with Gasteiger partial charge in [0.15, 0.2) is 0 Å². The van der Waals surface area contributed by atoms with Gasteiger partial charge in [-0.05, 0) is 23.3 Å². The molecule has 94 valence electrons. The summed E-state index contributed by atoms with van der Waals surface area (Å²) in [6.07, 6.45) is 6.83. The van der Waals surface area contributed by atoms with Gasteiger partial charge in [-0.2, -0.15) is 0 Å². The van der Waals surface area contributed by atoms with Crippen LogP contribution in [0.3, 0.4) is 0 Å². The van der Waals surface area contributed by atoms with Crippen molar-refractivity contribution in [3.8, 4) is 0 Å². The van der Waals surface area contributed by atoms with Gasteiger partial charge in [-0.25, -0.2) is 0 Å². The SMILES string of the molecule is C=CC[Si](CC=C)(CC=C)c1ccccc1C=O. The molecule has 1 nitrogen and oxygen atoms in total. The Kier molecular flexibility index (Phi) is 5.53. The normalized spacial score (nSPS) is 10.7. The number of carbonyl (C=O) groups excluding carboxylic acids is 1. The molecular weight excluding hydrogens is 236 g/mol. The van der Waals surface area contributed by atoms with Crippen molar-refractivity contribution in [2.24, 2.45) is 0 Å². The third kappa shape index (κ3) is 2.96. The van der Waals surface area contributed by atoms with Crippen molar-refractivity contribution in [3.05, 3.63) is 67.8 Å². The molecule has 0 spiro atoms. The fourth-order valence-corrected chi connectivity index (χ4v) is 6.51. The molecule has 0 aliphatic heterocycles. The van der Waals surface area contributed by atoms with Crippen LogP contribution in [0.15, 0.2) is 62.2 Å². The molecule has 18 heavy (non-hydrogen) atoms. The zero-order valence-electron chi connectivity index (χ0n) is 10.8. The smallest absolute Gasteiger partial charge is 0.149 e.